The highest BCUT2D eigenvalue weighted by atomic mass is 79.9. The predicted molar refractivity (Wildman–Crippen MR) is 244 cm³/mol. The molecule has 2 heterocycles. The number of nitrogens with zero attached hydrogens (tertiary/aromatic N) is 2. The van der Waals surface area contributed by atoms with Crippen molar-refractivity contribution in [2.24, 2.45) is 0 Å². The number of hydrogen-bond donors (Lipinski definition) is 2. The summed E-state index contributed by atoms with van der Waals surface area (Å²) in [4.78, 5) is 20.6. The van der Waals surface area contributed by atoms with Crippen LogP contribution in [0, 0.1) is 0 Å². The van der Waals surface area contributed by atoms with Gasteiger partial charge in [-0.2, -0.15) is 0 Å². The molecular formula is C47H38Br2Cl4N2O3. The predicted octanol–water partition coefficient (Wildman–Crippen LogP) is 13.0. The fraction of sp³-hybridized carbons (Fsp3) is 0.213. The molecule has 0 aliphatic carbocycles. The second-order valence-corrected chi connectivity index (χ2v) is 18.4. The van der Waals surface area contributed by atoms with Gasteiger partial charge in [-0.25, -0.2) is 0 Å². The first-order chi connectivity index (χ1) is 28.0. The molecule has 0 bridgehead atoms. The lowest BCUT2D eigenvalue weighted by Crippen LogP contribution is -2.49. The van der Waals surface area contributed by atoms with Crippen molar-refractivity contribution in [3.05, 3.63) is 197 Å². The number of rotatable bonds is 10. The van der Waals surface area contributed by atoms with Gasteiger partial charge in [-0.05, 0) is 95.1 Å². The first kappa shape index (κ1) is 41.4. The Hall–Kier alpha value is -3.37. The molecule has 0 saturated carbocycles. The van der Waals surface area contributed by atoms with Gasteiger partial charge in [-0.1, -0.05) is 151 Å². The Bertz CT molecular complexity index is 2220. The Morgan fingerprint density at radius 2 is 0.879 bits per heavy atom. The summed E-state index contributed by atoms with van der Waals surface area (Å²) in [6, 6.07) is 45.1. The molecule has 5 nitrogen and oxygen atoms in total. The van der Waals surface area contributed by atoms with Crippen LogP contribution in [0.15, 0.2) is 155 Å². The number of ketones is 1. The largest absolute Gasteiger partial charge is 0.374 e. The van der Waals surface area contributed by atoms with Crippen LogP contribution in [0.1, 0.15) is 58.8 Å². The van der Waals surface area contributed by atoms with Gasteiger partial charge in [-0.3, -0.25) is 4.79 Å². The summed E-state index contributed by atoms with van der Waals surface area (Å²) >= 11 is 34.0. The van der Waals surface area contributed by atoms with Gasteiger partial charge in [0.05, 0.1) is 44.0 Å². The number of carbonyl (C=O) groups excluding carboxylic acids is 1. The highest BCUT2D eigenvalue weighted by Gasteiger charge is 2.54. The molecule has 0 spiro atoms. The first-order valence-electron chi connectivity index (χ1n) is 19.0. The third kappa shape index (κ3) is 8.22. The summed E-state index contributed by atoms with van der Waals surface area (Å²) in [7, 11) is 0. The normalized spacial score (nSPS) is 22.9. The molecule has 0 amide bonds. The maximum absolute atomic E-state index is 16.7. The minimum Gasteiger partial charge on any atom is -0.374 e. The molecule has 58 heavy (non-hydrogen) atoms. The number of carbonyl (C=O) groups is 1. The third-order valence-electron chi connectivity index (χ3n) is 11.6. The van der Waals surface area contributed by atoms with Crippen molar-refractivity contribution < 1.29 is 15.0 Å². The van der Waals surface area contributed by atoms with E-state index in [0.29, 0.717) is 44.1 Å². The van der Waals surface area contributed by atoms with Crippen LogP contribution < -0.4 is 9.80 Å². The van der Waals surface area contributed by atoms with E-state index < -0.39 is 36.4 Å². The standard InChI is InChI=1S/C47H38Br2Cl4N2O3/c48-31-13-17-33(18-14-31)54-41(56)25-35(27-7-3-1-4-8-27)45(54)43(29-11-21-37(50)39(52)23-29)47(58)44(30-12-22-38(51)40(53)24-30)46-36(28-9-5-2-6-10-28)26-42(57)55(46)34-19-15-32(49)16-20-34/h1-24,35-36,41-46,56-57H,25-26H2/t35-,36-,41+,42+,43?,44?,45+,46+/m0/s1. The molecule has 8 atom stereocenters. The van der Waals surface area contributed by atoms with E-state index in [1.807, 2.05) is 107 Å². The summed E-state index contributed by atoms with van der Waals surface area (Å²) in [5.74, 6) is -2.50. The van der Waals surface area contributed by atoms with Crippen LogP contribution in [-0.4, -0.2) is 40.5 Å². The van der Waals surface area contributed by atoms with E-state index in [1.54, 1.807) is 24.3 Å². The number of Topliss-reactive ketones (excluding diaryl/α,β-unsaturated/α-hetero) is 1. The molecule has 6 aromatic carbocycles. The zero-order valence-electron chi connectivity index (χ0n) is 30.9. The zero-order chi connectivity index (χ0) is 40.7. The van der Waals surface area contributed by atoms with Crippen LogP contribution in [0.4, 0.5) is 11.4 Å². The second kappa shape index (κ2) is 17.7. The van der Waals surface area contributed by atoms with Crippen molar-refractivity contribution in [2.45, 2.75) is 61.1 Å². The van der Waals surface area contributed by atoms with Crippen molar-refractivity contribution in [3.8, 4) is 0 Å². The molecular weight excluding hydrogens is 942 g/mol. The Balaban J connectivity index is 1.40. The molecule has 296 valence electrons. The second-order valence-electron chi connectivity index (χ2n) is 14.9. The lowest BCUT2D eigenvalue weighted by Gasteiger charge is -2.42. The Morgan fingerprint density at radius 1 is 0.517 bits per heavy atom. The Kier molecular flexibility index (Phi) is 12.6. The van der Waals surface area contributed by atoms with E-state index in [9.17, 15) is 10.2 Å². The van der Waals surface area contributed by atoms with Gasteiger partial charge in [0.1, 0.15) is 12.5 Å². The van der Waals surface area contributed by atoms with Gasteiger partial charge in [-0.15, -0.1) is 0 Å². The average Bonchev–Trinajstić information content (AvgIpc) is 3.75. The molecule has 0 aromatic heterocycles. The van der Waals surface area contributed by atoms with Gasteiger partial charge in [0.15, 0.2) is 5.78 Å². The van der Waals surface area contributed by atoms with E-state index in [2.05, 4.69) is 56.1 Å². The van der Waals surface area contributed by atoms with Gasteiger partial charge < -0.3 is 20.0 Å². The lowest BCUT2D eigenvalue weighted by molar-refractivity contribution is -0.123. The first-order valence-corrected chi connectivity index (χ1v) is 22.1. The smallest absolute Gasteiger partial charge is 0.151 e. The van der Waals surface area contributed by atoms with Crippen LogP contribution in [0.2, 0.25) is 20.1 Å². The van der Waals surface area contributed by atoms with Crippen LogP contribution in [0.5, 0.6) is 0 Å². The SMILES string of the molecule is O=C(C(c1ccc(Cl)c(Cl)c1)[C@H]1[C@H](c2ccccc2)C[C@@H](O)N1c1ccc(Br)cc1)C(c1ccc(Cl)c(Cl)c1)[C@H]1[C@H](c2ccccc2)C[C@@H](O)N1c1ccc(Br)cc1. The van der Waals surface area contributed by atoms with Crippen molar-refractivity contribution >= 4 is 95.4 Å². The molecule has 8 rings (SSSR count). The monoisotopic (exact) mass is 976 g/mol. The molecule has 2 N–H and O–H groups in total. The summed E-state index contributed by atoms with van der Waals surface area (Å²) in [5.41, 5.74) is 4.80. The molecule has 2 unspecified atom stereocenters. The average molecular weight is 980 g/mol. The number of hydrogen-bond acceptors (Lipinski definition) is 5. The quantitative estimate of drug-likeness (QED) is 0.143. The number of halogens is 6. The number of anilines is 2. The van der Waals surface area contributed by atoms with Crippen LogP contribution in [0.25, 0.3) is 0 Å². The molecule has 2 saturated heterocycles. The van der Waals surface area contributed by atoms with E-state index in [1.165, 1.54) is 0 Å². The fourth-order valence-corrected chi connectivity index (χ4v) is 10.3. The minimum atomic E-state index is -0.928. The Labute approximate surface area is 375 Å². The van der Waals surface area contributed by atoms with Crippen molar-refractivity contribution in [3.63, 3.8) is 0 Å². The molecule has 0 radical (unpaired) electrons. The summed E-state index contributed by atoms with van der Waals surface area (Å²) in [6.07, 6.45) is -1.12. The molecule has 11 heteroatoms. The Morgan fingerprint density at radius 3 is 1.22 bits per heavy atom. The van der Waals surface area contributed by atoms with Gasteiger partial charge in [0.2, 0.25) is 0 Å². The van der Waals surface area contributed by atoms with E-state index in [0.717, 1.165) is 31.4 Å². The van der Waals surface area contributed by atoms with Crippen LogP contribution in [-0.2, 0) is 4.79 Å². The highest BCUT2D eigenvalue weighted by molar-refractivity contribution is 9.10. The molecule has 2 aliphatic rings. The lowest BCUT2D eigenvalue weighted by atomic mass is 9.70. The molecule has 6 aromatic rings. The molecule has 2 fully saturated rings. The van der Waals surface area contributed by atoms with E-state index in [-0.39, 0.29) is 17.6 Å². The summed E-state index contributed by atoms with van der Waals surface area (Å²) in [6.45, 7) is 0. The highest BCUT2D eigenvalue weighted by Crippen LogP contribution is 2.52. The van der Waals surface area contributed by atoms with Crippen LogP contribution >= 0.6 is 78.3 Å². The number of benzene rings is 6. The van der Waals surface area contributed by atoms with Crippen molar-refractivity contribution in [2.75, 3.05) is 9.80 Å². The maximum atomic E-state index is 16.7. The van der Waals surface area contributed by atoms with Gasteiger partial charge >= 0.3 is 0 Å². The van der Waals surface area contributed by atoms with Crippen molar-refractivity contribution in [1.82, 2.24) is 0 Å². The fourth-order valence-electron chi connectivity index (χ4n) is 9.18. The zero-order valence-corrected chi connectivity index (χ0v) is 37.1. The van der Waals surface area contributed by atoms with Gasteiger partial charge in [0.25, 0.3) is 0 Å². The maximum Gasteiger partial charge on any atom is 0.151 e. The van der Waals surface area contributed by atoms with E-state index in [4.69, 9.17) is 46.4 Å². The van der Waals surface area contributed by atoms with Gasteiger partial charge in [0, 0.05) is 45.0 Å². The minimum absolute atomic E-state index is 0.138. The number of aliphatic hydroxyl groups excluding tert-OH is 2. The molecule has 2 aliphatic heterocycles. The van der Waals surface area contributed by atoms with Crippen molar-refractivity contribution in [1.29, 1.82) is 0 Å². The topological polar surface area (TPSA) is 64.0 Å². The third-order valence-corrected chi connectivity index (χ3v) is 14.2. The van der Waals surface area contributed by atoms with Crippen LogP contribution in [0.3, 0.4) is 0 Å². The summed E-state index contributed by atoms with van der Waals surface area (Å²) < 4.78 is 1.77. The summed E-state index contributed by atoms with van der Waals surface area (Å²) in [5, 5.41) is 25.6. The van der Waals surface area contributed by atoms with E-state index >= 15 is 4.79 Å². The number of aliphatic hydroxyl groups is 2.